The predicted octanol–water partition coefficient (Wildman–Crippen LogP) is 3.56. The van der Waals surface area contributed by atoms with Crippen molar-refractivity contribution in [2.24, 2.45) is 5.73 Å². The first kappa shape index (κ1) is 27.0. The number of rotatable bonds is 11. The van der Waals surface area contributed by atoms with Crippen molar-refractivity contribution in [2.45, 2.75) is 45.1 Å². The van der Waals surface area contributed by atoms with Crippen LogP contribution in [0.4, 0.5) is 5.82 Å². The number of nitrogens with zero attached hydrogens (tertiary/aromatic N) is 3. The Morgan fingerprint density at radius 3 is 2.32 bits per heavy atom. The monoisotopic (exact) mass is 514 g/mol. The number of carbonyl (C=O) groups is 2. The molecule has 4 aromatic rings. The van der Waals surface area contributed by atoms with Gasteiger partial charge in [0.15, 0.2) is 11.4 Å². The van der Waals surface area contributed by atoms with Gasteiger partial charge >= 0.3 is 0 Å². The lowest BCUT2D eigenvalue weighted by atomic mass is 9.92. The summed E-state index contributed by atoms with van der Waals surface area (Å²) in [5, 5.41) is 16.3. The highest BCUT2D eigenvalue weighted by Gasteiger charge is 2.26. The van der Waals surface area contributed by atoms with Gasteiger partial charge in [-0.1, -0.05) is 68.4 Å². The van der Waals surface area contributed by atoms with Gasteiger partial charge in [-0.3, -0.25) is 9.59 Å². The van der Waals surface area contributed by atoms with Crippen LogP contribution in [0, 0.1) is 0 Å². The number of aromatic nitrogens is 3. The van der Waals surface area contributed by atoms with Gasteiger partial charge in [-0.05, 0) is 29.5 Å². The van der Waals surface area contributed by atoms with E-state index < -0.39 is 18.6 Å². The van der Waals surface area contributed by atoms with E-state index in [0.29, 0.717) is 36.3 Å². The third-order valence-electron chi connectivity index (χ3n) is 6.82. The van der Waals surface area contributed by atoms with E-state index in [4.69, 9.17) is 21.6 Å². The first-order valence-corrected chi connectivity index (χ1v) is 12.9. The fraction of sp³-hybridized carbons (Fsp3) is 0.310. The third kappa shape index (κ3) is 5.44. The fourth-order valence-electron chi connectivity index (χ4n) is 4.59. The summed E-state index contributed by atoms with van der Waals surface area (Å²) in [6.07, 6.45) is 3.21. The number of hydrogen-bond donors (Lipinski definition) is 4. The molecule has 38 heavy (non-hydrogen) atoms. The Morgan fingerprint density at radius 2 is 1.68 bits per heavy atom. The van der Waals surface area contributed by atoms with Crippen molar-refractivity contribution >= 4 is 23.2 Å². The van der Waals surface area contributed by atoms with Crippen LogP contribution in [-0.4, -0.2) is 50.6 Å². The summed E-state index contributed by atoms with van der Waals surface area (Å²) < 4.78 is 1.53. The number of nitrogens with two attached hydrogens (primary N) is 2. The molecule has 2 aromatic carbocycles. The van der Waals surface area contributed by atoms with Crippen molar-refractivity contribution < 1.29 is 14.7 Å². The second-order valence-corrected chi connectivity index (χ2v) is 9.24. The molecule has 4 rings (SSSR count). The number of fused-ring (bicyclic) bond motifs is 1. The fourth-order valence-corrected chi connectivity index (χ4v) is 4.59. The lowest BCUT2D eigenvalue weighted by Gasteiger charge is -2.20. The molecule has 2 atom stereocenters. The van der Waals surface area contributed by atoms with E-state index in [9.17, 15) is 9.59 Å². The minimum Gasteiger partial charge on any atom is -0.394 e. The van der Waals surface area contributed by atoms with E-state index in [1.54, 1.807) is 13.1 Å². The molecule has 0 fully saturated rings. The standard InChI is InChI=1S/C29H34N6O3/c1-3-18(14-15-32-29(38)23(30)17-36)26-25(24(37)4-2)27(31)35-28(34-26)22(16-33-35)21-12-10-20(11-13-21)19-8-6-5-7-9-19/h5-13,16,18,23,36H,3-4,14-15,17,30-31H2,1-2H3,(H,32,38)/t18?,23-/m0/s1. The second kappa shape index (κ2) is 12.0. The van der Waals surface area contributed by atoms with Crippen LogP contribution in [0.15, 0.2) is 60.8 Å². The maximum atomic E-state index is 13.0. The van der Waals surface area contributed by atoms with Crippen LogP contribution in [0.2, 0.25) is 0 Å². The summed E-state index contributed by atoms with van der Waals surface area (Å²) in [6.45, 7) is 3.69. The maximum absolute atomic E-state index is 13.0. The quantitative estimate of drug-likeness (QED) is 0.224. The van der Waals surface area contributed by atoms with Crippen molar-refractivity contribution in [3.05, 3.63) is 72.1 Å². The average Bonchev–Trinajstić information content (AvgIpc) is 3.39. The lowest BCUT2D eigenvalue weighted by molar-refractivity contribution is -0.123. The molecular weight excluding hydrogens is 480 g/mol. The molecule has 198 valence electrons. The van der Waals surface area contributed by atoms with E-state index >= 15 is 0 Å². The Labute approximate surface area is 221 Å². The largest absolute Gasteiger partial charge is 0.394 e. The van der Waals surface area contributed by atoms with Crippen molar-refractivity contribution in [3.8, 4) is 22.3 Å². The number of aliphatic hydroxyl groups is 1. The number of anilines is 1. The van der Waals surface area contributed by atoms with Gasteiger partial charge in [0.2, 0.25) is 5.91 Å². The molecule has 2 aromatic heterocycles. The van der Waals surface area contributed by atoms with E-state index in [2.05, 4.69) is 34.7 Å². The molecule has 9 nitrogen and oxygen atoms in total. The second-order valence-electron chi connectivity index (χ2n) is 9.24. The number of carbonyl (C=O) groups excluding carboxylic acids is 2. The van der Waals surface area contributed by atoms with Gasteiger partial charge in [0, 0.05) is 24.4 Å². The van der Waals surface area contributed by atoms with Crippen LogP contribution in [0.5, 0.6) is 0 Å². The number of hydrogen-bond acceptors (Lipinski definition) is 7. The number of aliphatic hydroxyl groups excluding tert-OH is 1. The normalized spacial score (nSPS) is 12.8. The zero-order chi connectivity index (χ0) is 27.2. The maximum Gasteiger partial charge on any atom is 0.239 e. The summed E-state index contributed by atoms with van der Waals surface area (Å²) in [5.41, 5.74) is 17.7. The number of amides is 1. The minimum absolute atomic E-state index is 0.110. The first-order chi connectivity index (χ1) is 18.4. The molecule has 9 heteroatoms. The molecule has 0 aliphatic carbocycles. The molecule has 6 N–H and O–H groups in total. The van der Waals surface area contributed by atoms with E-state index in [0.717, 1.165) is 22.3 Å². The van der Waals surface area contributed by atoms with Crippen molar-refractivity contribution in [2.75, 3.05) is 18.9 Å². The summed E-state index contributed by atoms with van der Waals surface area (Å²) >= 11 is 0. The number of benzene rings is 2. The molecule has 0 aliphatic heterocycles. The van der Waals surface area contributed by atoms with Gasteiger partial charge < -0.3 is 21.9 Å². The zero-order valence-corrected chi connectivity index (χ0v) is 21.7. The lowest BCUT2D eigenvalue weighted by Crippen LogP contribution is -2.43. The molecule has 1 amide bonds. The van der Waals surface area contributed by atoms with E-state index in [1.807, 2.05) is 37.3 Å². The van der Waals surface area contributed by atoms with Crippen LogP contribution < -0.4 is 16.8 Å². The smallest absolute Gasteiger partial charge is 0.239 e. The SMILES string of the molecule is CCC(=O)c1c(C(CC)CCNC(=O)[C@@H](N)CO)nc2c(-c3ccc(-c4ccccc4)cc3)cnn2c1N. The average molecular weight is 515 g/mol. The van der Waals surface area contributed by atoms with Gasteiger partial charge in [0.05, 0.1) is 24.1 Å². The van der Waals surface area contributed by atoms with Crippen LogP contribution in [0.1, 0.15) is 55.1 Å². The van der Waals surface area contributed by atoms with Gasteiger partial charge in [-0.25, -0.2) is 4.98 Å². The topological polar surface area (TPSA) is 149 Å². The molecule has 0 saturated heterocycles. The summed E-state index contributed by atoms with van der Waals surface area (Å²) in [5.74, 6) is -0.413. The molecule has 0 saturated carbocycles. The first-order valence-electron chi connectivity index (χ1n) is 12.9. The Bertz CT molecular complexity index is 1420. The van der Waals surface area contributed by atoms with Crippen molar-refractivity contribution in [1.82, 2.24) is 19.9 Å². The molecule has 0 radical (unpaired) electrons. The number of Topliss-reactive ketones (excluding diaryl/α,β-unsaturated/α-hetero) is 1. The van der Waals surface area contributed by atoms with Gasteiger partial charge in [0.1, 0.15) is 11.9 Å². The van der Waals surface area contributed by atoms with Crippen LogP contribution in [0.3, 0.4) is 0 Å². The van der Waals surface area contributed by atoms with Crippen molar-refractivity contribution in [1.29, 1.82) is 0 Å². The highest BCUT2D eigenvalue weighted by molar-refractivity contribution is 6.02. The molecule has 2 heterocycles. The number of ketones is 1. The number of nitrogens with one attached hydrogen (secondary N) is 1. The molecule has 0 bridgehead atoms. The van der Waals surface area contributed by atoms with E-state index in [-0.39, 0.29) is 23.9 Å². The van der Waals surface area contributed by atoms with Gasteiger partial charge in [0.25, 0.3) is 0 Å². The molecule has 1 unspecified atom stereocenters. The Morgan fingerprint density at radius 1 is 1.03 bits per heavy atom. The van der Waals surface area contributed by atoms with Crippen LogP contribution >= 0.6 is 0 Å². The summed E-state index contributed by atoms with van der Waals surface area (Å²) in [4.78, 5) is 30.0. The summed E-state index contributed by atoms with van der Waals surface area (Å²) in [6, 6.07) is 17.3. The predicted molar refractivity (Wildman–Crippen MR) is 149 cm³/mol. The van der Waals surface area contributed by atoms with Crippen molar-refractivity contribution in [3.63, 3.8) is 0 Å². The van der Waals surface area contributed by atoms with Gasteiger partial charge in [-0.2, -0.15) is 9.61 Å². The summed E-state index contributed by atoms with van der Waals surface area (Å²) in [7, 11) is 0. The Kier molecular flexibility index (Phi) is 8.50. The van der Waals surface area contributed by atoms with E-state index in [1.165, 1.54) is 4.52 Å². The minimum atomic E-state index is -0.972. The zero-order valence-electron chi connectivity index (χ0n) is 21.7. The van der Waals surface area contributed by atoms with Gasteiger partial charge in [-0.15, -0.1) is 0 Å². The van der Waals surface area contributed by atoms with Crippen LogP contribution in [-0.2, 0) is 4.79 Å². The third-order valence-corrected chi connectivity index (χ3v) is 6.82. The molecule has 0 spiro atoms. The molecule has 0 aliphatic rings. The van der Waals surface area contributed by atoms with Crippen LogP contribution in [0.25, 0.3) is 27.9 Å². The number of nitrogen functional groups attached to an aromatic ring is 1. The highest BCUT2D eigenvalue weighted by Crippen LogP contribution is 2.33. The molecular formula is C29H34N6O3. The highest BCUT2D eigenvalue weighted by atomic mass is 16.3. The Balaban J connectivity index is 1.72. The Hall–Kier alpha value is -4.08.